The fourth-order valence-electron chi connectivity index (χ4n) is 1.60. The average molecular weight is 141 g/mol. The molecule has 1 fully saturated rings. The maximum atomic E-state index is 10.9. The molecule has 2 nitrogen and oxygen atoms in total. The number of hydrogen-bond acceptors (Lipinski definition) is 2. The van der Waals surface area contributed by atoms with Gasteiger partial charge in [-0.3, -0.25) is 4.79 Å². The van der Waals surface area contributed by atoms with Crippen molar-refractivity contribution in [1.29, 1.82) is 0 Å². The fraction of sp³-hybridized carbons (Fsp3) is 0.875. The van der Waals surface area contributed by atoms with E-state index in [0.717, 1.165) is 32.2 Å². The van der Waals surface area contributed by atoms with Crippen LogP contribution in [0.3, 0.4) is 0 Å². The number of nitrogens with two attached hydrogens (primary N) is 1. The van der Waals surface area contributed by atoms with Crippen LogP contribution in [0.4, 0.5) is 0 Å². The van der Waals surface area contributed by atoms with E-state index in [0.29, 0.717) is 11.7 Å². The van der Waals surface area contributed by atoms with Gasteiger partial charge >= 0.3 is 0 Å². The molecule has 1 saturated carbocycles. The summed E-state index contributed by atoms with van der Waals surface area (Å²) >= 11 is 0. The highest BCUT2D eigenvalue weighted by atomic mass is 16.1. The summed E-state index contributed by atoms with van der Waals surface area (Å²) in [5.41, 5.74) is 5.39. The molecule has 0 amide bonds. The zero-order chi connectivity index (χ0) is 7.40. The first kappa shape index (κ1) is 7.73. The molecule has 10 heavy (non-hydrogen) atoms. The van der Waals surface area contributed by atoms with E-state index in [9.17, 15) is 4.79 Å². The van der Waals surface area contributed by atoms with Crippen LogP contribution in [-0.4, -0.2) is 12.3 Å². The molecule has 1 atom stereocenters. The van der Waals surface area contributed by atoms with Crippen LogP contribution in [0.25, 0.3) is 0 Å². The Kier molecular flexibility index (Phi) is 2.87. The molecule has 2 heteroatoms. The molecule has 1 aliphatic rings. The Morgan fingerprint density at radius 2 is 2.40 bits per heavy atom. The smallest absolute Gasteiger partial charge is 0.133 e. The van der Waals surface area contributed by atoms with E-state index in [1.165, 1.54) is 6.42 Å². The first-order valence-electron chi connectivity index (χ1n) is 4.04. The lowest BCUT2D eigenvalue weighted by Crippen LogP contribution is -2.17. The molecule has 1 unspecified atom stereocenters. The topological polar surface area (TPSA) is 43.1 Å². The molecular formula is C8H15NO. The lowest BCUT2D eigenvalue weighted by atomic mass is 9.86. The second kappa shape index (κ2) is 3.71. The standard InChI is InChI=1S/C8H15NO/c9-5-4-7-2-1-3-8(10)6-7/h7H,1-6,9H2. The van der Waals surface area contributed by atoms with E-state index in [2.05, 4.69) is 0 Å². The molecule has 0 spiro atoms. The van der Waals surface area contributed by atoms with Crippen LogP contribution in [0, 0.1) is 5.92 Å². The largest absolute Gasteiger partial charge is 0.330 e. The first-order chi connectivity index (χ1) is 4.83. The second-order valence-corrected chi connectivity index (χ2v) is 3.08. The zero-order valence-electron chi connectivity index (χ0n) is 6.31. The van der Waals surface area contributed by atoms with Crippen molar-refractivity contribution in [3.8, 4) is 0 Å². The third-order valence-electron chi connectivity index (χ3n) is 2.16. The molecule has 0 heterocycles. The Morgan fingerprint density at radius 1 is 1.60 bits per heavy atom. The van der Waals surface area contributed by atoms with Gasteiger partial charge in [0.05, 0.1) is 0 Å². The maximum Gasteiger partial charge on any atom is 0.133 e. The van der Waals surface area contributed by atoms with Crippen molar-refractivity contribution in [3.05, 3.63) is 0 Å². The predicted octanol–water partition coefficient (Wildman–Crippen LogP) is 1.09. The lowest BCUT2D eigenvalue weighted by molar-refractivity contribution is -0.121. The van der Waals surface area contributed by atoms with Gasteiger partial charge in [0, 0.05) is 12.8 Å². The minimum absolute atomic E-state index is 0.435. The summed E-state index contributed by atoms with van der Waals surface area (Å²) in [6, 6.07) is 0. The van der Waals surface area contributed by atoms with E-state index >= 15 is 0 Å². The third kappa shape index (κ3) is 2.10. The van der Waals surface area contributed by atoms with Gasteiger partial charge in [-0.15, -0.1) is 0 Å². The van der Waals surface area contributed by atoms with Gasteiger partial charge in [-0.1, -0.05) is 0 Å². The highest BCUT2D eigenvalue weighted by Crippen LogP contribution is 2.23. The van der Waals surface area contributed by atoms with Crippen molar-refractivity contribution < 1.29 is 4.79 Å². The summed E-state index contributed by atoms with van der Waals surface area (Å²) in [7, 11) is 0. The van der Waals surface area contributed by atoms with Crippen LogP contribution in [0.1, 0.15) is 32.1 Å². The van der Waals surface area contributed by atoms with Crippen LogP contribution in [-0.2, 0) is 4.79 Å². The van der Waals surface area contributed by atoms with Crippen molar-refractivity contribution in [2.45, 2.75) is 32.1 Å². The molecule has 2 N–H and O–H groups in total. The van der Waals surface area contributed by atoms with Gasteiger partial charge in [0.1, 0.15) is 5.78 Å². The van der Waals surface area contributed by atoms with Crippen LogP contribution in [0.5, 0.6) is 0 Å². The molecule has 0 aromatic carbocycles. The van der Waals surface area contributed by atoms with Gasteiger partial charge < -0.3 is 5.73 Å². The summed E-state index contributed by atoms with van der Waals surface area (Å²) < 4.78 is 0. The Hall–Kier alpha value is -0.370. The van der Waals surface area contributed by atoms with E-state index in [4.69, 9.17) is 5.73 Å². The summed E-state index contributed by atoms with van der Waals surface area (Å²) in [6.07, 6.45) is 4.93. The van der Waals surface area contributed by atoms with E-state index in [-0.39, 0.29) is 0 Å². The van der Waals surface area contributed by atoms with Crippen LogP contribution >= 0.6 is 0 Å². The van der Waals surface area contributed by atoms with Gasteiger partial charge in [-0.05, 0) is 31.7 Å². The number of carbonyl (C=O) groups excluding carboxylic acids is 1. The molecule has 1 aliphatic carbocycles. The predicted molar refractivity (Wildman–Crippen MR) is 40.6 cm³/mol. The Morgan fingerprint density at radius 3 is 3.00 bits per heavy atom. The molecule has 0 saturated heterocycles. The molecule has 0 aliphatic heterocycles. The Balaban J connectivity index is 2.25. The quantitative estimate of drug-likeness (QED) is 0.625. The summed E-state index contributed by atoms with van der Waals surface area (Å²) in [4.78, 5) is 10.9. The van der Waals surface area contributed by atoms with Crippen molar-refractivity contribution in [2.24, 2.45) is 11.7 Å². The van der Waals surface area contributed by atoms with Crippen molar-refractivity contribution in [2.75, 3.05) is 6.54 Å². The molecular weight excluding hydrogens is 126 g/mol. The lowest BCUT2D eigenvalue weighted by Gasteiger charge is -2.19. The van der Waals surface area contributed by atoms with Crippen LogP contribution in [0.15, 0.2) is 0 Å². The van der Waals surface area contributed by atoms with Gasteiger partial charge in [-0.2, -0.15) is 0 Å². The molecule has 0 bridgehead atoms. The summed E-state index contributed by atoms with van der Waals surface area (Å²) in [5.74, 6) is 1.04. The molecule has 1 rings (SSSR count). The molecule has 0 aromatic rings. The van der Waals surface area contributed by atoms with Crippen LogP contribution in [0.2, 0.25) is 0 Å². The number of ketones is 1. The number of hydrogen-bond donors (Lipinski definition) is 1. The SMILES string of the molecule is NCCC1CCCC(=O)C1. The van der Waals surface area contributed by atoms with Gasteiger partial charge in [0.2, 0.25) is 0 Å². The average Bonchev–Trinajstić information content (AvgIpc) is 1.88. The van der Waals surface area contributed by atoms with Gasteiger partial charge in [0.15, 0.2) is 0 Å². The normalized spacial score (nSPS) is 26.9. The van der Waals surface area contributed by atoms with E-state index in [1.807, 2.05) is 0 Å². The number of Topliss-reactive ketones (excluding diaryl/α,β-unsaturated/α-hetero) is 1. The minimum atomic E-state index is 0.435. The number of rotatable bonds is 2. The Bertz CT molecular complexity index is 120. The van der Waals surface area contributed by atoms with Crippen molar-refractivity contribution in [3.63, 3.8) is 0 Å². The Labute approximate surface area is 61.8 Å². The highest BCUT2D eigenvalue weighted by Gasteiger charge is 2.17. The van der Waals surface area contributed by atoms with Gasteiger partial charge in [0.25, 0.3) is 0 Å². The second-order valence-electron chi connectivity index (χ2n) is 3.08. The fourth-order valence-corrected chi connectivity index (χ4v) is 1.60. The van der Waals surface area contributed by atoms with E-state index < -0.39 is 0 Å². The highest BCUT2D eigenvalue weighted by molar-refractivity contribution is 5.79. The van der Waals surface area contributed by atoms with E-state index in [1.54, 1.807) is 0 Å². The molecule has 0 radical (unpaired) electrons. The maximum absolute atomic E-state index is 10.9. The summed E-state index contributed by atoms with van der Waals surface area (Å²) in [6.45, 7) is 0.734. The third-order valence-corrected chi connectivity index (χ3v) is 2.16. The monoisotopic (exact) mass is 141 g/mol. The zero-order valence-corrected chi connectivity index (χ0v) is 6.31. The number of carbonyl (C=O) groups is 1. The first-order valence-corrected chi connectivity index (χ1v) is 4.04. The molecule has 0 aromatic heterocycles. The molecule has 58 valence electrons. The van der Waals surface area contributed by atoms with Crippen molar-refractivity contribution >= 4 is 5.78 Å². The van der Waals surface area contributed by atoms with Crippen molar-refractivity contribution in [1.82, 2.24) is 0 Å². The minimum Gasteiger partial charge on any atom is -0.330 e. The summed E-state index contributed by atoms with van der Waals surface area (Å²) in [5, 5.41) is 0. The van der Waals surface area contributed by atoms with Crippen LogP contribution < -0.4 is 5.73 Å². The van der Waals surface area contributed by atoms with Gasteiger partial charge in [-0.25, -0.2) is 0 Å².